The molecule has 0 unspecified atom stereocenters. The van der Waals surface area contributed by atoms with Crippen molar-refractivity contribution in [2.45, 2.75) is 19.3 Å². The molecule has 25 heavy (non-hydrogen) atoms. The van der Waals surface area contributed by atoms with E-state index in [2.05, 4.69) is 9.88 Å². The molecule has 0 saturated carbocycles. The molecule has 2 aromatic heterocycles. The summed E-state index contributed by atoms with van der Waals surface area (Å²) in [5.74, 6) is 1.87. The van der Waals surface area contributed by atoms with Crippen molar-refractivity contribution >= 4 is 22.6 Å². The van der Waals surface area contributed by atoms with Crippen LogP contribution in [0.4, 0.5) is 10.2 Å². The molecule has 1 aliphatic heterocycles. The first-order chi connectivity index (χ1) is 13.7. The molecule has 0 bridgehead atoms. The average Bonchev–Trinajstić information content (AvgIpc) is 3.05. The first-order valence-electron chi connectivity index (χ1n) is 10.6. The van der Waals surface area contributed by atoms with E-state index in [-0.39, 0.29) is 6.61 Å². The number of piperidine rings is 1. The number of alkyl halides is 1. The van der Waals surface area contributed by atoms with Crippen LogP contribution >= 0.6 is 0 Å². The third-order valence-corrected chi connectivity index (χ3v) is 4.84. The molecule has 0 amide bonds. The molecule has 3 aromatic rings. The van der Waals surface area contributed by atoms with Crippen molar-refractivity contribution in [3.8, 4) is 0 Å². The third kappa shape index (κ3) is 3.44. The van der Waals surface area contributed by atoms with Crippen LogP contribution in [-0.2, 0) is 4.74 Å². The Balaban J connectivity index is 1.34. The van der Waals surface area contributed by atoms with Gasteiger partial charge in [-0.25, -0.2) is 9.37 Å². The van der Waals surface area contributed by atoms with Crippen LogP contribution in [0, 0.1) is 5.92 Å². The summed E-state index contributed by atoms with van der Waals surface area (Å²) in [6.45, 7) is -4.83. The molecule has 1 fully saturated rings. The maximum atomic E-state index is 13.2. The van der Waals surface area contributed by atoms with Crippen molar-refractivity contribution in [2.24, 2.45) is 5.92 Å². The Kier molecular flexibility index (Phi) is 3.59. The lowest BCUT2D eigenvalue weighted by atomic mass is 9.94. The summed E-state index contributed by atoms with van der Waals surface area (Å²) < 4.78 is 48.3. The van der Waals surface area contributed by atoms with Crippen LogP contribution in [-0.4, -0.2) is 47.3 Å². The second kappa shape index (κ2) is 7.35. The number of imidazole rings is 1. The molecule has 0 aliphatic carbocycles. The number of para-hydroxylation sites is 2. The number of hydrogen-bond acceptors (Lipinski definition) is 4. The fourth-order valence-electron chi connectivity index (χ4n) is 3.47. The van der Waals surface area contributed by atoms with E-state index in [9.17, 15) is 4.39 Å². The van der Waals surface area contributed by atoms with Crippen LogP contribution in [0.2, 0.25) is 0 Å². The Morgan fingerprint density at radius 2 is 2.04 bits per heavy atom. The Hall–Kier alpha value is -2.21. The molecule has 132 valence electrons. The summed E-state index contributed by atoms with van der Waals surface area (Å²) in [4.78, 5) is 11.5. The lowest BCUT2D eigenvalue weighted by molar-refractivity contribution is 0.103. The van der Waals surface area contributed by atoms with Crippen LogP contribution < -0.4 is 4.90 Å². The average molecular weight is 345 g/mol. The topological polar surface area (TPSA) is 42.7 Å². The van der Waals surface area contributed by atoms with Gasteiger partial charge >= 0.3 is 0 Å². The van der Waals surface area contributed by atoms with Gasteiger partial charge in [0.05, 0.1) is 23.1 Å². The summed E-state index contributed by atoms with van der Waals surface area (Å²) >= 11 is 0. The van der Waals surface area contributed by atoms with E-state index in [1.165, 1.54) is 0 Å². The molecular formula is C19H23FN4O. The number of halogens is 1. The van der Waals surface area contributed by atoms with Gasteiger partial charge in [-0.2, -0.15) is 4.98 Å². The maximum Gasteiger partial charge on any atom is 0.236 e. The smallest absolute Gasteiger partial charge is 0.236 e. The van der Waals surface area contributed by atoms with Crippen molar-refractivity contribution in [2.75, 3.05) is 37.8 Å². The van der Waals surface area contributed by atoms with E-state index in [1.807, 2.05) is 40.9 Å². The maximum absolute atomic E-state index is 13.2. The Morgan fingerprint density at radius 1 is 1.20 bits per heavy atom. The summed E-state index contributed by atoms with van der Waals surface area (Å²) in [7, 11) is 0. The number of aromatic nitrogens is 3. The van der Waals surface area contributed by atoms with Crippen LogP contribution in [0.5, 0.6) is 0 Å². The molecule has 1 saturated heterocycles. The Labute approximate surface area is 152 Å². The zero-order valence-corrected chi connectivity index (χ0v) is 13.9. The Morgan fingerprint density at radius 3 is 2.88 bits per heavy atom. The highest BCUT2D eigenvalue weighted by atomic mass is 18.2. The van der Waals surface area contributed by atoms with E-state index in [0.717, 1.165) is 42.8 Å². The minimum atomic E-state index is -3.52. The molecule has 0 atom stereocenters. The van der Waals surface area contributed by atoms with Gasteiger partial charge in [0.1, 0.15) is 12.4 Å². The van der Waals surface area contributed by atoms with Crippen molar-refractivity contribution in [3.05, 3.63) is 36.5 Å². The standard InChI is InChI=1S/C19H23FN4O/c20-9-14-25-13-8-15-5-10-23(11-6-15)18-7-12-24-17-4-2-1-3-16(17)21-19(24)22-18/h1-4,7,12,15H,5-6,8-11,13-14H2/i9D2,14D2,20-1. The molecule has 0 radical (unpaired) electrons. The molecule has 0 spiro atoms. The lowest BCUT2D eigenvalue weighted by Crippen LogP contribution is -2.34. The summed E-state index contributed by atoms with van der Waals surface area (Å²) in [6.07, 6.45) is 4.33. The summed E-state index contributed by atoms with van der Waals surface area (Å²) in [6, 6.07) is 9.90. The van der Waals surface area contributed by atoms with Crippen molar-refractivity contribution in [1.82, 2.24) is 14.4 Å². The van der Waals surface area contributed by atoms with Gasteiger partial charge in [0.15, 0.2) is 0 Å². The number of anilines is 1. The van der Waals surface area contributed by atoms with E-state index in [1.54, 1.807) is 0 Å². The summed E-state index contributed by atoms with van der Waals surface area (Å²) in [5, 5.41) is 0. The number of benzene rings is 1. The van der Waals surface area contributed by atoms with Crippen LogP contribution in [0.15, 0.2) is 36.5 Å². The molecule has 1 aliphatic rings. The van der Waals surface area contributed by atoms with Gasteiger partial charge in [-0.15, -0.1) is 0 Å². The van der Waals surface area contributed by atoms with Crippen molar-refractivity contribution < 1.29 is 14.6 Å². The van der Waals surface area contributed by atoms with E-state index < -0.39 is 13.2 Å². The first-order valence-corrected chi connectivity index (χ1v) is 8.56. The van der Waals surface area contributed by atoms with Gasteiger partial charge in [0.25, 0.3) is 0 Å². The molecule has 6 heteroatoms. The third-order valence-electron chi connectivity index (χ3n) is 4.84. The number of rotatable bonds is 6. The second-order valence-corrected chi connectivity index (χ2v) is 6.32. The highest BCUT2D eigenvalue weighted by molar-refractivity contribution is 5.79. The predicted octanol–water partition coefficient (Wildman–Crippen LogP) is 3.48. The van der Waals surface area contributed by atoms with E-state index >= 15 is 0 Å². The van der Waals surface area contributed by atoms with Gasteiger partial charge < -0.3 is 9.64 Å². The minimum Gasteiger partial charge on any atom is -0.379 e. The molecule has 5 nitrogen and oxygen atoms in total. The van der Waals surface area contributed by atoms with Crippen LogP contribution in [0.1, 0.15) is 24.7 Å². The van der Waals surface area contributed by atoms with E-state index in [0.29, 0.717) is 18.1 Å². The molecule has 4 rings (SSSR count). The molecular weight excluding hydrogens is 318 g/mol. The van der Waals surface area contributed by atoms with Crippen molar-refractivity contribution in [3.63, 3.8) is 0 Å². The zero-order valence-electron chi connectivity index (χ0n) is 17.9. The van der Waals surface area contributed by atoms with Crippen molar-refractivity contribution in [1.29, 1.82) is 0 Å². The highest BCUT2D eigenvalue weighted by Crippen LogP contribution is 2.25. The Bertz CT molecular complexity index is 999. The fraction of sp³-hybridized carbons (Fsp3) is 0.474. The number of fused-ring (bicyclic) bond motifs is 3. The normalized spacial score (nSPS) is 19.6. The number of ether oxygens (including phenoxy) is 1. The van der Waals surface area contributed by atoms with Crippen LogP contribution in [0.25, 0.3) is 16.8 Å². The van der Waals surface area contributed by atoms with Crippen LogP contribution in [0.3, 0.4) is 0 Å². The minimum absolute atomic E-state index is 0.00797. The zero-order chi connectivity index (χ0) is 20.6. The fourth-order valence-corrected chi connectivity index (χ4v) is 3.47. The lowest BCUT2D eigenvalue weighted by Gasteiger charge is -2.32. The van der Waals surface area contributed by atoms with E-state index in [4.69, 9.17) is 15.2 Å². The van der Waals surface area contributed by atoms with Gasteiger partial charge in [0.2, 0.25) is 5.78 Å². The summed E-state index contributed by atoms with van der Waals surface area (Å²) in [5.41, 5.74) is 1.94. The van der Waals surface area contributed by atoms with Gasteiger partial charge in [-0.1, -0.05) is 12.1 Å². The predicted molar refractivity (Wildman–Crippen MR) is 96.8 cm³/mol. The molecule has 0 N–H and O–H groups in total. The second-order valence-electron chi connectivity index (χ2n) is 6.32. The SMILES string of the molecule is [2H]C([2H])([18F])C([2H])([2H])OCCC1CCN(c2ccn3c(n2)nc2ccccc23)CC1. The van der Waals surface area contributed by atoms with Gasteiger partial charge in [-0.3, -0.25) is 4.40 Å². The number of hydrogen-bond donors (Lipinski definition) is 0. The quantitative estimate of drug-likeness (QED) is 0.686. The highest BCUT2D eigenvalue weighted by Gasteiger charge is 2.20. The number of nitrogens with zero attached hydrogens (tertiary/aromatic N) is 4. The largest absolute Gasteiger partial charge is 0.379 e. The molecule has 3 heterocycles. The van der Waals surface area contributed by atoms with Gasteiger partial charge in [0, 0.05) is 25.9 Å². The first kappa shape index (κ1) is 12.2. The molecule has 1 aromatic carbocycles. The van der Waals surface area contributed by atoms with Gasteiger partial charge in [-0.05, 0) is 43.4 Å². The monoisotopic (exact) mass is 345 g/mol.